The number of alkyl halides is 3. The van der Waals surface area contributed by atoms with E-state index in [0.717, 1.165) is 36.8 Å². The molecule has 1 fully saturated rings. The second kappa shape index (κ2) is 8.17. The van der Waals surface area contributed by atoms with Crippen LogP contribution in [0.4, 0.5) is 19.0 Å². The molecule has 5 nitrogen and oxygen atoms in total. The van der Waals surface area contributed by atoms with Crippen molar-refractivity contribution in [3.8, 4) is 0 Å². The summed E-state index contributed by atoms with van der Waals surface area (Å²) in [5, 5.41) is 7.67. The van der Waals surface area contributed by atoms with Crippen LogP contribution in [-0.2, 0) is 10.2 Å². The lowest BCUT2D eigenvalue weighted by molar-refractivity contribution is -0.174. The molecule has 0 saturated carbocycles. The van der Waals surface area contributed by atoms with Crippen molar-refractivity contribution in [2.45, 2.75) is 83.0 Å². The Morgan fingerprint density at radius 2 is 1.84 bits per heavy atom. The van der Waals surface area contributed by atoms with E-state index in [9.17, 15) is 18.0 Å². The zero-order valence-corrected chi connectivity index (χ0v) is 18.6. The zero-order chi connectivity index (χ0) is 22.4. The third kappa shape index (κ3) is 4.62. The third-order valence-corrected chi connectivity index (χ3v) is 7.03. The van der Waals surface area contributed by atoms with Crippen LogP contribution in [0.15, 0.2) is 18.2 Å². The van der Waals surface area contributed by atoms with E-state index >= 15 is 0 Å². The molecule has 8 heteroatoms. The summed E-state index contributed by atoms with van der Waals surface area (Å²) in [5.74, 6) is 0.840. The molecule has 1 N–H and O–H groups in total. The van der Waals surface area contributed by atoms with Crippen molar-refractivity contribution >= 4 is 11.7 Å². The van der Waals surface area contributed by atoms with Crippen LogP contribution in [0.1, 0.15) is 71.0 Å². The number of hydrogen-bond acceptors (Lipinski definition) is 3. The van der Waals surface area contributed by atoms with Crippen molar-refractivity contribution in [2.24, 2.45) is 11.8 Å². The lowest BCUT2D eigenvalue weighted by Gasteiger charge is -2.41. The van der Waals surface area contributed by atoms with Gasteiger partial charge in [0.1, 0.15) is 5.82 Å². The molecule has 172 valence electrons. The maximum absolute atomic E-state index is 13.9. The molecule has 1 aliphatic carbocycles. The molecule has 1 aromatic rings. The van der Waals surface area contributed by atoms with Crippen LogP contribution >= 0.6 is 0 Å². The Labute approximate surface area is 182 Å². The van der Waals surface area contributed by atoms with Gasteiger partial charge in [0, 0.05) is 36.5 Å². The fourth-order valence-electron chi connectivity index (χ4n) is 5.08. The minimum absolute atomic E-state index is 0.0200. The van der Waals surface area contributed by atoms with Gasteiger partial charge in [-0.15, -0.1) is 0 Å². The Balaban J connectivity index is 1.45. The highest BCUT2D eigenvalue weighted by molar-refractivity contribution is 5.79. The maximum atomic E-state index is 13.9. The van der Waals surface area contributed by atoms with Crippen molar-refractivity contribution < 1.29 is 18.0 Å². The fraction of sp³-hybridized carbons (Fsp3) is 0.739. The molecule has 4 rings (SSSR count). The number of carbonyl (C=O) groups excluding carboxylic acids is 1. The van der Waals surface area contributed by atoms with Crippen LogP contribution in [-0.4, -0.2) is 45.9 Å². The Kier molecular flexibility index (Phi) is 5.85. The number of nitrogens with one attached hydrogen (secondary N) is 1. The first-order chi connectivity index (χ1) is 14.5. The van der Waals surface area contributed by atoms with Crippen LogP contribution in [0, 0.1) is 11.8 Å². The number of aromatic nitrogens is 2. The summed E-state index contributed by atoms with van der Waals surface area (Å²) in [5.41, 5.74) is 0.337. The molecule has 2 aliphatic heterocycles. The van der Waals surface area contributed by atoms with Crippen LogP contribution in [0.2, 0.25) is 0 Å². The van der Waals surface area contributed by atoms with Crippen LogP contribution in [0.3, 0.4) is 0 Å². The van der Waals surface area contributed by atoms with Gasteiger partial charge in [-0.25, -0.2) is 4.68 Å². The van der Waals surface area contributed by atoms with Gasteiger partial charge in [-0.05, 0) is 44.4 Å². The van der Waals surface area contributed by atoms with E-state index in [1.165, 1.54) is 0 Å². The normalized spacial score (nSPS) is 27.7. The SMILES string of the molecule is CC(C)(C)c1cc2n(n1)[C@@H](C(F)(F)F)C[C@@H](C1CCN(C(=O)C3CC=CCC3)CC1)N2. The predicted octanol–water partition coefficient (Wildman–Crippen LogP) is 5.06. The molecule has 3 aliphatic rings. The van der Waals surface area contributed by atoms with E-state index in [-0.39, 0.29) is 35.6 Å². The van der Waals surface area contributed by atoms with Crippen molar-refractivity contribution in [3.05, 3.63) is 23.9 Å². The second-order valence-corrected chi connectivity index (χ2v) is 10.3. The van der Waals surface area contributed by atoms with Gasteiger partial charge in [-0.1, -0.05) is 32.9 Å². The zero-order valence-electron chi connectivity index (χ0n) is 18.6. The first-order valence-electron chi connectivity index (χ1n) is 11.4. The summed E-state index contributed by atoms with van der Waals surface area (Å²) < 4.78 is 42.8. The van der Waals surface area contributed by atoms with Crippen molar-refractivity contribution in [2.75, 3.05) is 18.4 Å². The first-order valence-corrected chi connectivity index (χ1v) is 11.4. The minimum Gasteiger partial charge on any atom is -0.367 e. The van der Waals surface area contributed by atoms with E-state index in [4.69, 9.17) is 0 Å². The van der Waals surface area contributed by atoms with Gasteiger partial charge < -0.3 is 10.2 Å². The molecule has 0 bridgehead atoms. The highest BCUT2D eigenvalue weighted by Crippen LogP contribution is 2.43. The standard InChI is InChI=1S/C23H33F3N4O/c1-22(2,3)18-14-20-27-17(13-19(23(24,25)26)30(20)28-18)15-9-11-29(12-10-15)21(31)16-7-5-4-6-8-16/h4-5,14-17,19,27H,6-13H2,1-3H3/t16?,17-,19+/m0/s1. The number of allylic oxidation sites excluding steroid dienone is 2. The highest BCUT2D eigenvalue weighted by atomic mass is 19.4. The number of rotatable bonds is 2. The number of hydrogen-bond donors (Lipinski definition) is 1. The molecule has 0 spiro atoms. The Morgan fingerprint density at radius 3 is 2.42 bits per heavy atom. The number of nitrogens with zero attached hydrogens (tertiary/aromatic N) is 3. The first kappa shape index (κ1) is 22.2. The van der Waals surface area contributed by atoms with Crippen molar-refractivity contribution in [3.63, 3.8) is 0 Å². The van der Waals surface area contributed by atoms with E-state index in [1.54, 1.807) is 6.07 Å². The minimum atomic E-state index is -4.35. The number of likely N-dealkylation sites (tertiary alicyclic amines) is 1. The lowest BCUT2D eigenvalue weighted by Crippen LogP contribution is -2.48. The molecular formula is C23H33F3N4O. The maximum Gasteiger partial charge on any atom is 0.410 e. The molecule has 1 saturated heterocycles. The van der Waals surface area contributed by atoms with Crippen LogP contribution < -0.4 is 5.32 Å². The molecular weight excluding hydrogens is 405 g/mol. The molecule has 31 heavy (non-hydrogen) atoms. The average Bonchev–Trinajstić information content (AvgIpc) is 3.17. The van der Waals surface area contributed by atoms with Gasteiger partial charge in [0.2, 0.25) is 5.91 Å². The van der Waals surface area contributed by atoms with E-state index < -0.39 is 12.2 Å². The largest absolute Gasteiger partial charge is 0.410 e. The van der Waals surface area contributed by atoms with Gasteiger partial charge in [0.15, 0.2) is 6.04 Å². The van der Waals surface area contributed by atoms with Crippen LogP contribution in [0.25, 0.3) is 0 Å². The molecule has 0 aromatic carbocycles. The average molecular weight is 439 g/mol. The molecule has 3 heterocycles. The number of amides is 1. The summed E-state index contributed by atoms with van der Waals surface area (Å²) in [6.45, 7) is 7.12. The molecule has 0 radical (unpaired) electrons. The Morgan fingerprint density at radius 1 is 1.13 bits per heavy atom. The summed E-state index contributed by atoms with van der Waals surface area (Å²) in [4.78, 5) is 14.7. The van der Waals surface area contributed by atoms with Gasteiger partial charge in [-0.2, -0.15) is 18.3 Å². The smallest absolute Gasteiger partial charge is 0.367 e. The topological polar surface area (TPSA) is 50.2 Å². The number of piperidine rings is 1. The Hall–Kier alpha value is -1.99. The summed E-state index contributed by atoms with van der Waals surface area (Å²) in [6, 6.07) is -0.114. The summed E-state index contributed by atoms with van der Waals surface area (Å²) in [6.07, 6.45) is 3.95. The van der Waals surface area contributed by atoms with Gasteiger partial charge in [0.05, 0.1) is 5.69 Å². The molecule has 1 amide bonds. The van der Waals surface area contributed by atoms with E-state index in [0.29, 0.717) is 24.6 Å². The Bertz CT molecular complexity index is 831. The molecule has 1 unspecified atom stereocenters. The van der Waals surface area contributed by atoms with E-state index in [2.05, 4.69) is 22.6 Å². The van der Waals surface area contributed by atoms with Crippen molar-refractivity contribution in [1.82, 2.24) is 14.7 Å². The number of halogens is 3. The summed E-state index contributed by atoms with van der Waals surface area (Å²) in [7, 11) is 0. The quantitative estimate of drug-likeness (QED) is 0.657. The second-order valence-electron chi connectivity index (χ2n) is 10.3. The number of anilines is 1. The third-order valence-electron chi connectivity index (χ3n) is 7.03. The van der Waals surface area contributed by atoms with Gasteiger partial charge in [-0.3, -0.25) is 4.79 Å². The van der Waals surface area contributed by atoms with Crippen molar-refractivity contribution in [1.29, 1.82) is 0 Å². The van der Waals surface area contributed by atoms with E-state index in [1.807, 2.05) is 25.7 Å². The van der Waals surface area contributed by atoms with Gasteiger partial charge in [0.25, 0.3) is 0 Å². The van der Waals surface area contributed by atoms with Crippen LogP contribution in [0.5, 0.6) is 0 Å². The molecule has 1 aromatic heterocycles. The van der Waals surface area contributed by atoms with Gasteiger partial charge >= 0.3 is 6.18 Å². The predicted molar refractivity (Wildman–Crippen MR) is 114 cm³/mol. The highest BCUT2D eigenvalue weighted by Gasteiger charge is 2.48. The summed E-state index contributed by atoms with van der Waals surface area (Å²) >= 11 is 0. The number of carbonyl (C=O) groups is 1. The fourth-order valence-corrected chi connectivity index (χ4v) is 5.08. The number of fused-ring (bicyclic) bond motifs is 1. The molecule has 3 atom stereocenters. The lowest BCUT2D eigenvalue weighted by atomic mass is 9.84. The monoisotopic (exact) mass is 438 g/mol.